The van der Waals surface area contributed by atoms with Crippen molar-refractivity contribution in [3.05, 3.63) is 42.6 Å². The van der Waals surface area contributed by atoms with Gasteiger partial charge < -0.3 is 19.9 Å². The van der Waals surface area contributed by atoms with Crippen LogP contribution in [0.25, 0.3) is 11.4 Å². The minimum Gasteiger partial charge on any atom is -0.375 e. The molecule has 10 nitrogen and oxygen atoms in total. The first-order chi connectivity index (χ1) is 19.2. The van der Waals surface area contributed by atoms with Gasteiger partial charge in [0.05, 0.1) is 49.4 Å². The number of piperidine rings is 2. The Labute approximate surface area is 229 Å². The Hall–Kier alpha value is -3.11. The number of hydrogen-bond donors (Lipinski definition) is 1. The molecule has 0 radical (unpaired) electrons. The molecule has 5 fully saturated rings. The van der Waals surface area contributed by atoms with Gasteiger partial charge in [-0.2, -0.15) is 0 Å². The summed E-state index contributed by atoms with van der Waals surface area (Å²) in [5.41, 5.74) is 3.19. The minimum atomic E-state index is -0.445. The highest BCUT2D eigenvalue weighted by molar-refractivity contribution is 5.55. The number of fused-ring (bicyclic) bond motifs is 1. The second-order valence-electron chi connectivity index (χ2n) is 12.4. The highest BCUT2D eigenvalue weighted by Gasteiger charge is 2.46. The Bertz CT molecular complexity index is 1310. The van der Waals surface area contributed by atoms with Crippen molar-refractivity contribution in [2.24, 2.45) is 17.8 Å². The molecule has 0 aromatic carbocycles. The van der Waals surface area contributed by atoms with E-state index in [0.717, 1.165) is 66.8 Å². The summed E-state index contributed by atoms with van der Waals surface area (Å²) in [6.45, 7) is 6.55. The lowest BCUT2D eigenvalue weighted by molar-refractivity contribution is -0.0851. The molecular formula is C29H37N9O. The van der Waals surface area contributed by atoms with Crippen LogP contribution in [-0.4, -0.2) is 81.9 Å². The van der Waals surface area contributed by atoms with Gasteiger partial charge in [0.15, 0.2) is 5.54 Å². The van der Waals surface area contributed by atoms with Crippen molar-refractivity contribution < 1.29 is 4.74 Å². The first kappa shape index (κ1) is 23.7. The average Bonchev–Trinajstić information content (AvgIpc) is 3.29. The van der Waals surface area contributed by atoms with Crippen molar-refractivity contribution in [1.82, 2.24) is 35.3 Å². The Morgan fingerprint density at radius 1 is 0.949 bits per heavy atom. The molecule has 6 heterocycles. The van der Waals surface area contributed by atoms with E-state index in [0.29, 0.717) is 19.3 Å². The Balaban J connectivity index is 0.973. The molecule has 3 saturated heterocycles. The topological polar surface area (TPSA) is 97.1 Å². The van der Waals surface area contributed by atoms with E-state index in [4.69, 9.17) is 14.7 Å². The third kappa shape index (κ3) is 4.37. The summed E-state index contributed by atoms with van der Waals surface area (Å²) in [5, 5.41) is 12.8. The highest BCUT2D eigenvalue weighted by atomic mass is 16.5. The van der Waals surface area contributed by atoms with Crippen LogP contribution in [-0.2, 0) is 10.3 Å². The molecule has 3 unspecified atom stereocenters. The Morgan fingerprint density at radius 2 is 1.85 bits per heavy atom. The molecule has 3 aromatic heterocycles. The molecule has 0 amide bonds. The van der Waals surface area contributed by atoms with Gasteiger partial charge in [0.2, 0.25) is 0 Å². The molecule has 0 bridgehead atoms. The van der Waals surface area contributed by atoms with Crippen LogP contribution in [0.3, 0.4) is 0 Å². The maximum atomic E-state index is 5.70. The maximum absolute atomic E-state index is 5.70. The fourth-order valence-corrected chi connectivity index (χ4v) is 6.76. The summed E-state index contributed by atoms with van der Waals surface area (Å²) in [7, 11) is 0. The molecule has 5 aliphatic rings. The highest BCUT2D eigenvalue weighted by Crippen LogP contribution is 2.46. The van der Waals surface area contributed by atoms with E-state index < -0.39 is 5.54 Å². The molecule has 3 aliphatic heterocycles. The van der Waals surface area contributed by atoms with E-state index >= 15 is 0 Å². The van der Waals surface area contributed by atoms with E-state index in [9.17, 15) is 0 Å². The second-order valence-corrected chi connectivity index (χ2v) is 12.4. The van der Waals surface area contributed by atoms with E-state index in [1.165, 1.54) is 50.8 Å². The van der Waals surface area contributed by atoms with Gasteiger partial charge in [-0.1, -0.05) is 11.6 Å². The monoisotopic (exact) mass is 527 g/mol. The lowest BCUT2D eigenvalue weighted by Crippen LogP contribution is -2.53. The number of anilines is 2. The van der Waals surface area contributed by atoms with Crippen molar-refractivity contribution in [1.29, 1.82) is 0 Å². The lowest BCUT2D eigenvalue weighted by Gasteiger charge is -2.41. The maximum Gasteiger partial charge on any atom is 0.152 e. The van der Waals surface area contributed by atoms with Gasteiger partial charge in [-0.25, -0.2) is 9.67 Å². The summed E-state index contributed by atoms with van der Waals surface area (Å²) in [6.07, 6.45) is 15.7. The molecular weight excluding hydrogens is 490 g/mol. The summed E-state index contributed by atoms with van der Waals surface area (Å²) in [4.78, 5) is 19.1. The van der Waals surface area contributed by atoms with Crippen molar-refractivity contribution in [2.75, 3.05) is 55.7 Å². The number of ether oxygens (including phenoxy) is 1. The number of pyridine rings is 1. The van der Waals surface area contributed by atoms with Crippen molar-refractivity contribution in [2.45, 2.75) is 50.1 Å². The zero-order valence-electron chi connectivity index (χ0n) is 22.5. The van der Waals surface area contributed by atoms with Gasteiger partial charge in [-0.15, -0.1) is 5.10 Å². The summed E-state index contributed by atoms with van der Waals surface area (Å²) in [6, 6.07) is 4.92. The summed E-state index contributed by atoms with van der Waals surface area (Å²) in [5.74, 6) is 3.52. The van der Waals surface area contributed by atoms with E-state index in [2.05, 4.69) is 42.5 Å². The second kappa shape index (κ2) is 9.52. The van der Waals surface area contributed by atoms with Gasteiger partial charge in [0.1, 0.15) is 17.2 Å². The molecule has 39 heavy (non-hydrogen) atoms. The van der Waals surface area contributed by atoms with Crippen LogP contribution in [0, 0.1) is 17.8 Å². The number of nitrogens with one attached hydrogen (secondary N) is 1. The molecule has 0 spiro atoms. The smallest absolute Gasteiger partial charge is 0.152 e. The number of hydrogen-bond acceptors (Lipinski definition) is 9. The molecule has 204 valence electrons. The largest absolute Gasteiger partial charge is 0.375 e. The first-order valence-electron chi connectivity index (χ1n) is 14.8. The van der Waals surface area contributed by atoms with Crippen LogP contribution in [0.15, 0.2) is 36.9 Å². The van der Waals surface area contributed by atoms with Gasteiger partial charge in [-0.05, 0) is 68.5 Å². The first-order valence-corrected chi connectivity index (χ1v) is 14.8. The number of nitrogens with zero attached hydrogens (tertiary/aromatic N) is 8. The lowest BCUT2D eigenvalue weighted by atomic mass is 9.85. The fraction of sp³-hybridized carbons (Fsp3) is 0.621. The zero-order valence-corrected chi connectivity index (χ0v) is 22.5. The minimum absolute atomic E-state index is 0.445. The predicted molar refractivity (Wildman–Crippen MR) is 148 cm³/mol. The molecule has 3 aromatic rings. The van der Waals surface area contributed by atoms with Gasteiger partial charge in [0.25, 0.3) is 0 Å². The van der Waals surface area contributed by atoms with Crippen LogP contribution in [0.1, 0.15) is 44.2 Å². The molecule has 10 heteroatoms. The number of rotatable bonds is 8. The molecule has 1 N–H and O–H groups in total. The molecule has 2 aliphatic carbocycles. The number of aromatic nitrogens is 6. The van der Waals surface area contributed by atoms with Crippen molar-refractivity contribution in [3.63, 3.8) is 0 Å². The van der Waals surface area contributed by atoms with Crippen LogP contribution in [0.5, 0.6) is 0 Å². The van der Waals surface area contributed by atoms with Gasteiger partial charge >= 0.3 is 0 Å². The molecule has 8 rings (SSSR count). The van der Waals surface area contributed by atoms with E-state index in [1.54, 1.807) is 6.20 Å². The third-order valence-electron chi connectivity index (χ3n) is 9.73. The van der Waals surface area contributed by atoms with Crippen molar-refractivity contribution >= 4 is 11.5 Å². The van der Waals surface area contributed by atoms with Crippen LogP contribution >= 0.6 is 0 Å². The van der Waals surface area contributed by atoms with Gasteiger partial charge in [0, 0.05) is 32.2 Å². The van der Waals surface area contributed by atoms with Gasteiger partial charge in [-0.3, -0.25) is 9.97 Å². The predicted octanol–water partition coefficient (Wildman–Crippen LogP) is 2.72. The quantitative estimate of drug-likeness (QED) is 0.474. The standard InChI is InChI=1S/C29H37N9O/c1-3-20(4-1)10-31-23-5-2-8-36(16-23)24-6-7-27(32-11-24)29(18-39-19-29)38-17-26(34-35-38)25-12-30-13-28(33-25)37-14-21-9-22(21)15-37/h6-7,11-13,17,20-23,31H,1-5,8-10,14-16,18-19H2. The van der Waals surface area contributed by atoms with Crippen LogP contribution in [0.2, 0.25) is 0 Å². The van der Waals surface area contributed by atoms with Crippen LogP contribution < -0.4 is 15.1 Å². The fourth-order valence-electron chi connectivity index (χ4n) is 6.76. The molecule has 3 atom stereocenters. The SMILES string of the molecule is c1cc(C2(n3cc(-c4cncc(N5CC6CC6C5)n4)nn3)COC2)ncc1N1CCCC(NCC2CCC2)C1. The zero-order chi connectivity index (χ0) is 25.8. The van der Waals surface area contributed by atoms with E-state index in [1.807, 2.05) is 23.3 Å². The summed E-state index contributed by atoms with van der Waals surface area (Å²) >= 11 is 0. The Morgan fingerprint density at radius 3 is 2.59 bits per heavy atom. The van der Waals surface area contributed by atoms with Crippen molar-refractivity contribution in [3.8, 4) is 11.4 Å². The molecule has 2 saturated carbocycles. The Kier molecular flexibility index (Phi) is 5.80. The summed E-state index contributed by atoms with van der Waals surface area (Å²) < 4.78 is 7.61. The van der Waals surface area contributed by atoms with E-state index in [-0.39, 0.29) is 0 Å². The normalized spacial score (nSPS) is 27.6. The third-order valence-corrected chi connectivity index (χ3v) is 9.73. The van der Waals surface area contributed by atoms with Crippen LogP contribution in [0.4, 0.5) is 11.5 Å². The average molecular weight is 528 g/mol.